The van der Waals surface area contributed by atoms with Crippen LogP contribution in [0.2, 0.25) is 15.1 Å². The van der Waals surface area contributed by atoms with Crippen molar-refractivity contribution in [2.75, 3.05) is 5.32 Å². The highest BCUT2D eigenvalue weighted by atomic mass is 35.5. The summed E-state index contributed by atoms with van der Waals surface area (Å²) in [6.07, 6.45) is 0. The zero-order valence-electron chi connectivity index (χ0n) is 10.7. The molecule has 2 rings (SSSR count). The molecule has 0 aromatic heterocycles. The Kier molecular flexibility index (Phi) is 4.83. The number of halogens is 3. The Morgan fingerprint density at radius 1 is 1.14 bits per heavy atom. The van der Waals surface area contributed by atoms with E-state index < -0.39 is 5.91 Å². The van der Waals surface area contributed by atoms with Crippen molar-refractivity contribution in [2.45, 2.75) is 6.54 Å². The van der Waals surface area contributed by atoms with Gasteiger partial charge in [-0.25, -0.2) is 0 Å². The number of carbonyl (C=O) groups is 1. The van der Waals surface area contributed by atoms with Gasteiger partial charge < -0.3 is 16.2 Å². The highest BCUT2D eigenvalue weighted by Crippen LogP contribution is 2.31. The molecule has 7 heteroatoms. The zero-order valence-corrected chi connectivity index (χ0v) is 12.9. The molecule has 2 aromatic carbocycles. The largest absolute Gasteiger partial charge is 0.506 e. The number of hydrogen-bond donors (Lipinski definition) is 3. The first-order valence-electron chi connectivity index (χ1n) is 5.88. The van der Waals surface area contributed by atoms with E-state index in [2.05, 4.69) is 5.32 Å². The maximum atomic E-state index is 11.1. The smallest absolute Gasteiger partial charge is 0.250 e. The lowest BCUT2D eigenvalue weighted by atomic mass is 10.1. The summed E-state index contributed by atoms with van der Waals surface area (Å²) in [5.74, 6) is -0.626. The van der Waals surface area contributed by atoms with Gasteiger partial charge in [-0.3, -0.25) is 4.79 Å². The highest BCUT2D eigenvalue weighted by molar-refractivity contribution is 6.35. The lowest BCUT2D eigenvalue weighted by Crippen LogP contribution is -2.11. The number of anilines is 1. The van der Waals surface area contributed by atoms with Crippen LogP contribution in [0.4, 0.5) is 5.69 Å². The molecule has 0 aliphatic rings. The molecule has 110 valence electrons. The Bertz CT molecular complexity index is 705. The van der Waals surface area contributed by atoms with E-state index in [4.69, 9.17) is 40.5 Å². The number of benzene rings is 2. The molecule has 0 saturated carbocycles. The Labute approximate surface area is 136 Å². The van der Waals surface area contributed by atoms with Gasteiger partial charge in [0.2, 0.25) is 5.91 Å². The highest BCUT2D eigenvalue weighted by Gasteiger charge is 2.10. The molecule has 0 aliphatic carbocycles. The molecule has 2 aromatic rings. The van der Waals surface area contributed by atoms with Gasteiger partial charge in [-0.05, 0) is 30.3 Å². The number of phenols is 1. The predicted octanol–water partition coefficient (Wildman–Crippen LogP) is 4.06. The number of primary amides is 1. The van der Waals surface area contributed by atoms with E-state index in [9.17, 15) is 9.90 Å². The number of nitrogens with two attached hydrogens (primary N) is 1. The molecule has 0 unspecified atom stereocenters. The Hall–Kier alpha value is -1.62. The standard InChI is InChI=1S/C14H11Cl3N2O2/c15-8-3-7(13(20)12(17)4-8)6-19-9-1-2-10(14(18)21)11(16)5-9/h1-5,19-20H,6H2,(H2,18,21). The van der Waals surface area contributed by atoms with Crippen molar-refractivity contribution >= 4 is 46.4 Å². The Morgan fingerprint density at radius 3 is 2.48 bits per heavy atom. The van der Waals surface area contributed by atoms with Crippen LogP contribution in [0.5, 0.6) is 5.75 Å². The zero-order chi connectivity index (χ0) is 15.6. The van der Waals surface area contributed by atoms with Crippen molar-refractivity contribution in [1.29, 1.82) is 0 Å². The van der Waals surface area contributed by atoms with Gasteiger partial charge in [0.15, 0.2) is 0 Å². The van der Waals surface area contributed by atoms with Crippen molar-refractivity contribution in [2.24, 2.45) is 5.73 Å². The van der Waals surface area contributed by atoms with E-state index in [-0.39, 0.29) is 21.4 Å². The number of amides is 1. The van der Waals surface area contributed by atoms with E-state index in [1.807, 2.05) is 0 Å². The van der Waals surface area contributed by atoms with Crippen LogP contribution < -0.4 is 11.1 Å². The van der Waals surface area contributed by atoms with Crippen LogP contribution in [-0.4, -0.2) is 11.0 Å². The van der Waals surface area contributed by atoms with Crippen molar-refractivity contribution in [3.63, 3.8) is 0 Å². The molecule has 1 amide bonds. The van der Waals surface area contributed by atoms with Gasteiger partial charge in [-0.1, -0.05) is 34.8 Å². The second-order valence-corrected chi connectivity index (χ2v) is 5.56. The van der Waals surface area contributed by atoms with Gasteiger partial charge in [0, 0.05) is 22.8 Å². The van der Waals surface area contributed by atoms with Crippen molar-refractivity contribution in [3.05, 3.63) is 56.5 Å². The summed E-state index contributed by atoms with van der Waals surface area (Å²) in [6, 6.07) is 7.83. The fourth-order valence-electron chi connectivity index (χ4n) is 1.78. The van der Waals surface area contributed by atoms with E-state index in [1.165, 1.54) is 12.1 Å². The first-order chi connectivity index (χ1) is 9.88. The van der Waals surface area contributed by atoms with Crippen LogP contribution in [0.15, 0.2) is 30.3 Å². The summed E-state index contributed by atoms with van der Waals surface area (Å²) < 4.78 is 0. The molecule has 0 aliphatic heterocycles. The molecule has 4 N–H and O–H groups in total. The molecule has 4 nitrogen and oxygen atoms in total. The van der Waals surface area contributed by atoms with E-state index in [0.717, 1.165) is 0 Å². The minimum atomic E-state index is -0.592. The predicted molar refractivity (Wildman–Crippen MR) is 85.4 cm³/mol. The fourth-order valence-corrected chi connectivity index (χ4v) is 2.59. The maximum absolute atomic E-state index is 11.1. The number of rotatable bonds is 4. The Morgan fingerprint density at radius 2 is 1.86 bits per heavy atom. The number of phenolic OH excluding ortho intramolecular Hbond substituents is 1. The second-order valence-electron chi connectivity index (χ2n) is 4.31. The third kappa shape index (κ3) is 3.73. The normalized spacial score (nSPS) is 10.4. The number of carbonyl (C=O) groups excluding carboxylic acids is 1. The molecule has 0 atom stereocenters. The molecule has 0 saturated heterocycles. The van der Waals surface area contributed by atoms with Crippen LogP contribution in [-0.2, 0) is 6.54 Å². The molecular formula is C14H11Cl3N2O2. The van der Waals surface area contributed by atoms with Crippen LogP contribution in [0, 0.1) is 0 Å². The van der Waals surface area contributed by atoms with Gasteiger partial charge >= 0.3 is 0 Å². The first kappa shape index (κ1) is 15.8. The van der Waals surface area contributed by atoms with Gasteiger partial charge in [-0.2, -0.15) is 0 Å². The molecule has 0 fully saturated rings. The molecule has 0 spiro atoms. The molecule has 0 bridgehead atoms. The molecular weight excluding hydrogens is 335 g/mol. The second kappa shape index (κ2) is 6.43. The van der Waals surface area contributed by atoms with Gasteiger partial charge in [0.05, 0.1) is 15.6 Å². The average molecular weight is 346 g/mol. The molecule has 21 heavy (non-hydrogen) atoms. The minimum absolute atomic E-state index is 0.0339. The average Bonchev–Trinajstić information content (AvgIpc) is 2.40. The summed E-state index contributed by atoms with van der Waals surface area (Å²) in [4.78, 5) is 11.1. The van der Waals surface area contributed by atoms with Crippen molar-refractivity contribution < 1.29 is 9.90 Å². The van der Waals surface area contributed by atoms with Gasteiger partial charge in [0.25, 0.3) is 0 Å². The van der Waals surface area contributed by atoms with Gasteiger partial charge in [-0.15, -0.1) is 0 Å². The summed E-state index contributed by atoms with van der Waals surface area (Å²) in [5, 5.41) is 13.8. The summed E-state index contributed by atoms with van der Waals surface area (Å²) in [6.45, 7) is 0.290. The van der Waals surface area contributed by atoms with Crippen molar-refractivity contribution in [3.8, 4) is 5.75 Å². The van der Waals surface area contributed by atoms with Crippen LogP contribution in [0.1, 0.15) is 15.9 Å². The first-order valence-corrected chi connectivity index (χ1v) is 7.02. The quantitative estimate of drug-likeness (QED) is 0.782. The van der Waals surface area contributed by atoms with Crippen LogP contribution in [0.3, 0.4) is 0 Å². The van der Waals surface area contributed by atoms with Crippen LogP contribution in [0.25, 0.3) is 0 Å². The van der Waals surface area contributed by atoms with Crippen molar-refractivity contribution in [1.82, 2.24) is 0 Å². The number of nitrogens with one attached hydrogen (secondary N) is 1. The maximum Gasteiger partial charge on any atom is 0.250 e. The fraction of sp³-hybridized carbons (Fsp3) is 0.0714. The minimum Gasteiger partial charge on any atom is -0.506 e. The van der Waals surface area contributed by atoms with Gasteiger partial charge in [0.1, 0.15) is 5.75 Å². The molecule has 0 heterocycles. The summed E-state index contributed by atoms with van der Waals surface area (Å²) >= 11 is 17.7. The van der Waals surface area contributed by atoms with Crippen LogP contribution >= 0.6 is 34.8 Å². The third-order valence-corrected chi connectivity index (χ3v) is 3.64. The third-order valence-electron chi connectivity index (χ3n) is 2.82. The SMILES string of the molecule is NC(=O)c1ccc(NCc2cc(Cl)cc(Cl)c2O)cc1Cl. The van der Waals surface area contributed by atoms with E-state index in [0.29, 0.717) is 22.8 Å². The number of hydrogen-bond acceptors (Lipinski definition) is 3. The summed E-state index contributed by atoms with van der Waals surface area (Å²) in [7, 11) is 0. The van der Waals surface area contributed by atoms with E-state index in [1.54, 1.807) is 18.2 Å². The molecule has 0 radical (unpaired) electrons. The lowest BCUT2D eigenvalue weighted by Gasteiger charge is -2.11. The monoisotopic (exact) mass is 344 g/mol. The Balaban J connectivity index is 2.17. The van der Waals surface area contributed by atoms with E-state index >= 15 is 0 Å². The number of aromatic hydroxyl groups is 1. The topological polar surface area (TPSA) is 75.4 Å². The lowest BCUT2D eigenvalue weighted by molar-refractivity contribution is 0.100. The summed E-state index contributed by atoms with van der Waals surface area (Å²) in [5.41, 5.74) is 6.63.